The smallest absolute Gasteiger partial charge is 0.154 e. The molecule has 3 rings (SSSR count). The van der Waals surface area contributed by atoms with Gasteiger partial charge in [-0.1, -0.05) is 18.2 Å². The molecule has 0 radical (unpaired) electrons. The van der Waals surface area contributed by atoms with Gasteiger partial charge in [-0.05, 0) is 30.3 Å². The number of fused-ring (bicyclic) bond motifs is 1. The normalized spacial score (nSPS) is 10.6. The van der Waals surface area contributed by atoms with Crippen molar-refractivity contribution < 1.29 is 13.9 Å². The Bertz CT molecular complexity index is 723. The number of carbonyl (C=O) groups is 1. The van der Waals surface area contributed by atoms with E-state index in [1.807, 2.05) is 48.5 Å². The lowest BCUT2D eigenvalue weighted by atomic mass is 10.1. The third kappa shape index (κ3) is 1.89. The molecule has 1 aromatic heterocycles. The minimum absolute atomic E-state index is 0.584. The number of ether oxygens (including phenoxy) is 1. The highest BCUT2D eigenvalue weighted by Gasteiger charge is 2.14. The van der Waals surface area contributed by atoms with Crippen LogP contribution in [0.3, 0.4) is 0 Å². The zero-order chi connectivity index (χ0) is 13.2. The number of carbonyl (C=O) groups excluding carboxylic acids is 1. The SMILES string of the molecule is COc1ccc(-c2oc3ccccc3c2C=O)cc1. The fourth-order valence-electron chi connectivity index (χ4n) is 2.14. The first-order chi connectivity index (χ1) is 9.33. The summed E-state index contributed by atoms with van der Waals surface area (Å²) in [5.74, 6) is 1.37. The van der Waals surface area contributed by atoms with Crippen molar-refractivity contribution in [3.63, 3.8) is 0 Å². The maximum Gasteiger partial charge on any atom is 0.154 e. The molecule has 0 bridgehead atoms. The molecule has 0 saturated carbocycles. The van der Waals surface area contributed by atoms with Gasteiger partial charge in [0, 0.05) is 10.9 Å². The van der Waals surface area contributed by atoms with Crippen molar-refractivity contribution in [3.8, 4) is 17.1 Å². The molecule has 0 aliphatic carbocycles. The van der Waals surface area contributed by atoms with Gasteiger partial charge in [-0.25, -0.2) is 0 Å². The van der Waals surface area contributed by atoms with Crippen LogP contribution in [0.1, 0.15) is 10.4 Å². The zero-order valence-corrected chi connectivity index (χ0v) is 10.4. The van der Waals surface area contributed by atoms with Gasteiger partial charge in [-0.2, -0.15) is 0 Å². The Morgan fingerprint density at radius 1 is 1.05 bits per heavy atom. The van der Waals surface area contributed by atoms with Crippen molar-refractivity contribution in [2.75, 3.05) is 7.11 Å². The van der Waals surface area contributed by atoms with Gasteiger partial charge >= 0.3 is 0 Å². The number of para-hydroxylation sites is 1. The molecular formula is C16H12O3. The van der Waals surface area contributed by atoms with Crippen LogP contribution >= 0.6 is 0 Å². The van der Waals surface area contributed by atoms with Crippen LogP contribution in [0.15, 0.2) is 52.9 Å². The summed E-state index contributed by atoms with van der Waals surface area (Å²) in [6, 6.07) is 15.0. The van der Waals surface area contributed by atoms with Gasteiger partial charge in [0.2, 0.25) is 0 Å². The number of furan rings is 1. The fourth-order valence-corrected chi connectivity index (χ4v) is 2.14. The predicted octanol–water partition coefficient (Wildman–Crippen LogP) is 3.92. The van der Waals surface area contributed by atoms with Crippen LogP contribution in [0.25, 0.3) is 22.3 Å². The summed E-state index contributed by atoms with van der Waals surface area (Å²) in [7, 11) is 1.62. The average molecular weight is 252 g/mol. The Hall–Kier alpha value is -2.55. The van der Waals surface area contributed by atoms with Gasteiger partial charge in [-0.15, -0.1) is 0 Å². The molecule has 3 nitrogen and oxygen atoms in total. The monoisotopic (exact) mass is 252 g/mol. The van der Waals surface area contributed by atoms with E-state index < -0.39 is 0 Å². The molecule has 0 fully saturated rings. The van der Waals surface area contributed by atoms with Crippen LogP contribution in [-0.2, 0) is 0 Å². The largest absolute Gasteiger partial charge is 0.497 e. The van der Waals surface area contributed by atoms with Crippen molar-refractivity contribution in [1.29, 1.82) is 0 Å². The molecule has 0 N–H and O–H groups in total. The van der Waals surface area contributed by atoms with Gasteiger partial charge in [0.1, 0.15) is 17.1 Å². The minimum Gasteiger partial charge on any atom is -0.497 e. The van der Waals surface area contributed by atoms with E-state index in [1.165, 1.54) is 0 Å². The van der Waals surface area contributed by atoms with Crippen LogP contribution in [0.2, 0.25) is 0 Å². The van der Waals surface area contributed by atoms with Gasteiger partial charge in [0.25, 0.3) is 0 Å². The zero-order valence-electron chi connectivity index (χ0n) is 10.4. The summed E-state index contributed by atoms with van der Waals surface area (Å²) in [6.07, 6.45) is 0.839. The standard InChI is InChI=1S/C16H12O3/c1-18-12-8-6-11(7-9-12)16-14(10-17)13-4-2-3-5-15(13)19-16/h2-10H,1H3. The quantitative estimate of drug-likeness (QED) is 0.663. The summed E-state index contributed by atoms with van der Waals surface area (Å²) < 4.78 is 10.9. The maximum absolute atomic E-state index is 11.3. The van der Waals surface area contributed by atoms with Gasteiger partial charge in [0.15, 0.2) is 6.29 Å². The molecule has 94 valence electrons. The lowest BCUT2D eigenvalue weighted by Gasteiger charge is -2.01. The van der Waals surface area contributed by atoms with Gasteiger partial charge in [0.05, 0.1) is 12.7 Å². The van der Waals surface area contributed by atoms with Crippen LogP contribution in [0.5, 0.6) is 5.75 Å². The van der Waals surface area contributed by atoms with Crippen LogP contribution in [-0.4, -0.2) is 13.4 Å². The number of hydrogen-bond donors (Lipinski definition) is 0. The number of aldehydes is 1. The summed E-state index contributed by atoms with van der Waals surface area (Å²) in [5, 5.41) is 0.836. The van der Waals surface area contributed by atoms with E-state index in [1.54, 1.807) is 7.11 Å². The van der Waals surface area contributed by atoms with E-state index in [2.05, 4.69) is 0 Å². The predicted molar refractivity (Wildman–Crippen MR) is 73.6 cm³/mol. The average Bonchev–Trinajstić information content (AvgIpc) is 2.85. The molecule has 0 amide bonds. The second-order valence-electron chi connectivity index (χ2n) is 4.19. The molecule has 0 atom stereocenters. The van der Waals surface area contributed by atoms with Gasteiger partial charge < -0.3 is 9.15 Å². The summed E-state index contributed by atoms with van der Waals surface area (Å²) in [4.78, 5) is 11.3. The third-order valence-electron chi connectivity index (χ3n) is 3.10. The Morgan fingerprint density at radius 3 is 2.47 bits per heavy atom. The van der Waals surface area contributed by atoms with Crippen molar-refractivity contribution in [2.45, 2.75) is 0 Å². The van der Waals surface area contributed by atoms with Crippen molar-refractivity contribution >= 4 is 17.3 Å². The topological polar surface area (TPSA) is 39.4 Å². The minimum atomic E-state index is 0.584. The first kappa shape index (κ1) is 11.5. The highest BCUT2D eigenvalue weighted by atomic mass is 16.5. The molecule has 2 aromatic carbocycles. The summed E-state index contributed by atoms with van der Waals surface area (Å²) in [5.41, 5.74) is 2.16. The molecule has 0 aliphatic rings. The highest BCUT2D eigenvalue weighted by molar-refractivity contribution is 6.02. The Labute approximate surface area is 110 Å². The fraction of sp³-hybridized carbons (Fsp3) is 0.0625. The molecule has 0 spiro atoms. The van der Waals surface area contributed by atoms with E-state index in [9.17, 15) is 4.79 Å². The van der Waals surface area contributed by atoms with Crippen molar-refractivity contribution in [3.05, 3.63) is 54.1 Å². The maximum atomic E-state index is 11.3. The Kier molecular flexibility index (Phi) is 2.80. The summed E-state index contributed by atoms with van der Waals surface area (Å²) in [6.45, 7) is 0. The van der Waals surface area contributed by atoms with Crippen molar-refractivity contribution in [1.82, 2.24) is 0 Å². The molecule has 0 aliphatic heterocycles. The Balaban J connectivity index is 2.20. The molecule has 0 unspecified atom stereocenters. The molecule has 0 saturated heterocycles. The van der Waals surface area contributed by atoms with Crippen molar-refractivity contribution in [2.24, 2.45) is 0 Å². The summed E-state index contributed by atoms with van der Waals surface area (Å²) >= 11 is 0. The molecule has 1 heterocycles. The van der Waals surface area contributed by atoms with Crippen LogP contribution in [0, 0.1) is 0 Å². The lowest BCUT2D eigenvalue weighted by Crippen LogP contribution is -1.84. The van der Waals surface area contributed by atoms with E-state index in [0.717, 1.165) is 28.6 Å². The first-order valence-corrected chi connectivity index (χ1v) is 5.94. The number of benzene rings is 2. The number of hydrogen-bond acceptors (Lipinski definition) is 3. The number of rotatable bonds is 3. The second-order valence-corrected chi connectivity index (χ2v) is 4.19. The number of methoxy groups -OCH3 is 1. The molecule has 3 heteroatoms. The second kappa shape index (κ2) is 4.61. The van der Waals surface area contributed by atoms with E-state index in [0.29, 0.717) is 11.3 Å². The van der Waals surface area contributed by atoms with E-state index >= 15 is 0 Å². The van der Waals surface area contributed by atoms with E-state index in [-0.39, 0.29) is 0 Å². The third-order valence-corrected chi connectivity index (χ3v) is 3.10. The van der Waals surface area contributed by atoms with E-state index in [4.69, 9.17) is 9.15 Å². The van der Waals surface area contributed by atoms with Gasteiger partial charge in [-0.3, -0.25) is 4.79 Å². The first-order valence-electron chi connectivity index (χ1n) is 5.94. The van der Waals surface area contributed by atoms with Crippen LogP contribution in [0.4, 0.5) is 0 Å². The molecular weight excluding hydrogens is 240 g/mol. The molecule has 19 heavy (non-hydrogen) atoms. The highest BCUT2D eigenvalue weighted by Crippen LogP contribution is 2.33. The lowest BCUT2D eigenvalue weighted by molar-refractivity contribution is 0.112. The van der Waals surface area contributed by atoms with Crippen LogP contribution < -0.4 is 4.74 Å². The molecule has 3 aromatic rings. The Morgan fingerprint density at radius 2 is 1.79 bits per heavy atom.